The van der Waals surface area contributed by atoms with Gasteiger partial charge in [-0.25, -0.2) is 9.50 Å². The summed E-state index contributed by atoms with van der Waals surface area (Å²) >= 11 is 0. The second-order valence-electron chi connectivity index (χ2n) is 9.36. The second-order valence-corrected chi connectivity index (χ2v) is 9.36. The van der Waals surface area contributed by atoms with Gasteiger partial charge in [-0.2, -0.15) is 25.8 Å². The van der Waals surface area contributed by atoms with Crippen LogP contribution in [0.3, 0.4) is 0 Å². The molecule has 9 heteroatoms. The summed E-state index contributed by atoms with van der Waals surface area (Å²) in [5, 5.41) is 32.0. The lowest BCUT2D eigenvalue weighted by Crippen LogP contribution is -2.58. The zero-order valence-corrected chi connectivity index (χ0v) is 17.7. The molecule has 0 amide bonds. The van der Waals surface area contributed by atoms with Gasteiger partial charge in [0.2, 0.25) is 0 Å². The van der Waals surface area contributed by atoms with Crippen molar-refractivity contribution in [1.82, 2.24) is 34.2 Å². The Morgan fingerprint density at radius 3 is 2.59 bits per heavy atom. The Morgan fingerprint density at radius 2 is 1.88 bits per heavy atom. The Bertz CT molecular complexity index is 1410. The van der Waals surface area contributed by atoms with E-state index >= 15 is 0 Å². The minimum Gasteiger partial charge on any atom is -0.275 e. The van der Waals surface area contributed by atoms with Crippen LogP contribution < -0.4 is 0 Å². The van der Waals surface area contributed by atoms with Gasteiger partial charge in [-0.15, -0.1) is 0 Å². The molecule has 2 aliphatic carbocycles. The molecule has 4 heterocycles. The highest BCUT2D eigenvalue weighted by atomic mass is 15.3. The van der Waals surface area contributed by atoms with Gasteiger partial charge in [-0.1, -0.05) is 0 Å². The summed E-state index contributed by atoms with van der Waals surface area (Å²) in [4.78, 5) is 4.92. The fourth-order valence-corrected chi connectivity index (χ4v) is 5.76. The number of hydrogen-bond acceptors (Lipinski definition) is 6. The predicted molar refractivity (Wildman–Crippen MR) is 115 cm³/mol. The van der Waals surface area contributed by atoms with Crippen LogP contribution in [0, 0.1) is 34.0 Å². The highest BCUT2D eigenvalue weighted by Crippen LogP contribution is 2.66. The van der Waals surface area contributed by atoms with Crippen molar-refractivity contribution in [3.05, 3.63) is 43.2 Å². The zero-order chi connectivity index (χ0) is 21.9. The lowest BCUT2D eigenvalue weighted by atomic mass is 9.45. The van der Waals surface area contributed by atoms with Crippen LogP contribution in [0.4, 0.5) is 0 Å². The summed E-state index contributed by atoms with van der Waals surface area (Å²) in [5.74, 6) is 0.165. The number of aryl methyl sites for hydroxylation is 1. The highest BCUT2D eigenvalue weighted by Gasteiger charge is 2.61. The maximum Gasteiger partial charge on any atom is 0.0999 e. The number of fused-ring (bicyclic) bond motifs is 1. The lowest BCUT2D eigenvalue weighted by Gasteiger charge is -2.61. The molecule has 9 nitrogen and oxygen atoms in total. The summed E-state index contributed by atoms with van der Waals surface area (Å²) < 4.78 is 5.53. The molecular weight excluding hydrogens is 402 g/mol. The lowest BCUT2D eigenvalue weighted by molar-refractivity contribution is -0.108. The third-order valence-electron chi connectivity index (χ3n) is 7.09. The van der Waals surface area contributed by atoms with Crippen LogP contribution in [-0.2, 0) is 12.6 Å². The predicted octanol–water partition coefficient (Wildman–Crippen LogP) is 3.32. The molecule has 2 aliphatic rings. The minimum absolute atomic E-state index is 0.165. The largest absolute Gasteiger partial charge is 0.275 e. The van der Waals surface area contributed by atoms with E-state index in [1.54, 1.807) is 17.1 Å². The number of rotatable bonds is 4. The standard InChI is InChI=1S/C23H21N9/c1-30-11-17(9-27-30)19-13-31-20(2-5-26-31)21(29-19)18-10-28-32(12-18)23(3-4-24)14-22(15-23)6-16(7-22)8-25/h2,5,9-13,16H,3,6-7,14-15H2,1H3. The first-order valence-corrected chi connectivity index (χ1v) is 10.7. The quantitative estimate of drug-likeness (QED) is 0.497. The molecule has 1 spiro atoms. The van der Waals surface area contributed by atoms with Crippen LogP contribution >= 0.6 is 0 Å². The van der Waals surface area contributed by atoms with E-state index in [4.69, 9.17) is 10.2 Å². The first kappa shape index (κ1) is 18.8. The van der Waals surface area contributed by atoms with Gasteiger partial charge >= 0.3 is 0 Å². The molecule has 0 atom stereocenters. The molecule has 4 aromatic rings. The van der Waals surface area contributed by atoms with E-state index in [1.807, 2.05) is 47.1 Å². The first-order valence-electron chi connectivity index (χ1n) is 10.7. The van der Waals surface area contributed by atoms with Crippen molar-refractivity contribution in [2.24, 2.45) is 18.4 Å². The summed E-state index contributed by atoms with van der Waals surface area (Å²) in [6.45, 7) is 0. The Balaban J connectivity index is 1.37. The molecule has 4 aromatic heterocycles. The highest BCUT2D eigenvalue weighted by molar-refractivity contribution is 5.78. The molecule has 0 unspecified atom stereocenters. The fourth-order valence-electron chi connectivity index (χ4n) is 5.76. The number of nitrogens with zero attached hydrogens (tertiary/aromatic N) is 9. The molecule has 2 fully saturated rings. The van der Waals surface area contributed by atoms with Crippen molar-refractivity contribution in [2.45, 2.75) is 37.6 Å². The van der Waals surface area contributed by atoms with Gasteiger partial charge in [0.1, 0.15) is 0 Å². The molecule has 6 rings (SSSR count). The maximum atomic E-state index is 9.51. The van der Waals surface area contributed by atoms with Crippen molar-refractivity contribution >= 4 is 5.52 Å². The SMILES string of the molecule is Cn1cc(-c2cn3nccc3c(-c3cnn(C4(CC#N)CC5(CC(C#N)C5)C4)c3)n2)cn1. The Morgan fingerprint density at radius 1 is 1.06 bits per heavy atom. The van der Waals surface area contributed by atoms with E-state index in [0.717, 1.165) is 53.7 Å². The normalized spacial score (nSPS) is 26.4. The van der Waals surface area contributed by atoms with E-state index in [1.165, 1.54) is 0 Å². The summed E-state index contributed by atoms with van der Waals surface area (Å²) in [7, 11) is 1.88. The summed E-state index contributed by atoms with van der Waals surface area (Å²) in [6, 6.07) is 6.67. The van der Waals surface area contributed by atoms with Gasteiger partial charge in [0.25, 0.3) is 0 Å². The van der Waals surface area contributed by atoms with E-state index in [2.05, 4.69) is 27.4 Å². The van der Waals surface area contributed by atoms with E-state index in [0.29, 0.717) is 6.42 Å². The van der Waals surface area contributed by atoms with Gasteiger partial charge in [0.05, 0.1) is 65.8 Å². The molecule has 0 aliphatic heterocycles. The summed E-state index contributed by atoms with van der Waals surface area (Å²) in [6.07, 6.45) is 15.3. The smallest absolute Gasteiger partial charge is 0.0999 e. The zero-order valence-electron chi connectivity index (χ0n) is 17.7. The second kappa shape index (κ2) is 6.51. The van der Waals surface area contributed by atoms with Crippen molar-refractivity contribution < 1.29 is 0 Å². The van der Waals surface area contributed by atoms with Crippen molar-refractivity contribution in [1.29, 1.82) is 10.5 Å². The van der Waals surface area contributed by atoms with Gasteiger partial charge in [-0.3, -0.25) is 9.36 Å². The minimum atomic E-state index is -0.301. The molecule has 0 N–H and O–H groups in total. The monoisotopic (exact) mass is 423 g/mol. The Hall–Kier alpha value is -3.98. The summed E-state index contributed by atoms with van der Waals surface area (Å²) in [5.41, 5.74) is 4.19. The molecule has 0 bridgehead atoms. The van der Waals surface area contributed by atoms with Gasteiger partial charge in [0.15, 0.2) is 0 Å². The van der Waals surface area contributed by atoms with Crippen LogP contribution in [0.1, 0.15) is 32.1 Å². The van der Waals surface area contributed by atoms with E-state index in [-0.39, 0.29) is 16.9 Å². The number of aromatic nitrogens is 7. The van der Waals surface area contributed by atoms with Crippen molar-refractivity contribution in [2.75, 3.05) is 0 Å². The van der Waals surface area contributed by atoms with Gasteiger partial charge in [0, 0.05) is 36.5 Å². The maximum absolute atomic E-state index is 9.51. The van der Waals surface area contributed by atoms with Crippen LogP contribution in [0.25, 0.3) is 28.0 Å². The van der Waals surface area contributed by atoms with Gasteiger partial charge in [-0.05, 0) is 37.2 Å². The van der Waals surface area contributed by atoms with Crippen molar-refractivity contribution in [3.8, 4) is 34.7 Å². The molecule has 0 saturated heterocycles. The third-order valence-corrected chi connectivity index (χ3v) is 7.09. The third kappa shape index (κ3) is 2.68. The molecule has 2 saturated carbocycles. The van der Waals surface area contributed by atoms with E-state index < -0.39 is 0 Å². The molecule has 158 valence electrons. The van der Waals surface area contributed by atoms with Crippen LogP contribution in [-0.4, -0.2) is 34.2 Å². The molecule has 0 aromatic carbocycles. The molecule has 32 heavy (non-hydrogen) atoms. The van der Waals surface area contributed by atoms with Crippen LogP contribution in [0.5, 0.6) is 0 Å². The van der Waals surface area contributed by atoms with Crippen LogP contribution in [0.15, 0.2) is 43.2 Å². The average molecular weight is 423 g/mol. The number of nitriles is 2. The van der Waals surface area contributed by atoms with Gasteiger partial charge < -0.3 is 0 Å². The Labute approximate surface area is 184 Å². The first-order chi connectivity index (χ1) is 15.5. The number of hydrogen-bond donors (Lipinski definition) is 0. The molecular formula is C23H21N9. The van der Waals surface area contributed by atoms with Crippen LogP contribution in [0.2, 0.25) is 0 Å². The van der Waals surface area contributed by atoms with E-state index in [9.17, 15) is 5.26 Å². The Kier molecular flexibility index (Phi) is 3.82. The van der Waals surface area contributed by atoms with Crippen molar-refractivity contribution in [3.63, 3.8) is 0 Å². The topological polar surface area (TPSA) is 113 Å². The molecule has 0 radical (unpaired) electrons. The average Bonchev–Trinajstić information content (AvgIpc) is 3.48. The fraction of sp³-hybridized carbons (Fsp3) is 0.391.